The lowest BCUT2D eigenvalue weighted by Gasteiger charge is -2.36. The molecular weight excluding hydrogens is 500 g/mol. The van der Waals surface area contributed by atoms with E-state index in [1.807, 2.05) is 42.5 Å². The van der Waals surface area contributed by atoms with Crippen LogP contribution in [0, 0.1) is 0 Å². The number of aromatic nitrogens is 2. The average Bonchev–Trinajstić information content (AvgIpc) is 3.32. The van der Waals surface area contributed by atoms with E-state index in [4.69, 9.17) is 11.6 Å². The third kappa shape index (κ3) is 4.80. The van der Waals surface area contributed by atoms with Crippen molar-refractivity contribution in [3.05, 3.63) is 71.4 Å². The number of rotatable bonds is 5. The van der Waals surface area contributed by atoms with Crippen LogP contribution in [-0.4, -0.2) is 85.7 Å². The van der Waals surface area contributed by atoms with Crippen molar-refractivity contribution < 1.29 is 13.2 Å². The van der Waals surface area contributed by atoms with Gasteiger partial charge in [-0.15, -0.1) is 0 Å². The first-order valence-electron chi connectivity index (χ1n) is 12.0. The zero-order valence-electron chi connectivity index (χ0n) is 20.1. The van der Waals surface area contributed by atoms with Gasteiger partial charge in [-0.2, -0.15) is 9.40 Å². The van der Waals surface area contributed by atoms with Crippen molar-refractivity contribution in [3.8, 4) is 0 Å². The maximum absolute atomic E-state index is 13.6. The zero-order chi connectivity index (χ0) is 25.3. The summed E-state index contributed by atoms with van der Waals surface area (Å²) < 4.78 is 30.0. The van der Waals surface area contributed by atoms with Crippen molar-refractivity contribution in [2.75, 3.05) is 62.2 Å². The molecule has 9 nitrogen and oxygen atoms in total. The van der Waals surface area contributed by atoms with E-state index in [0.717, 1.165) is 11.4 Å². The van der Waals surface area contributed by atoms with Gasteiger partial charge in [-0.3, -0.25) is 9.48 Å². The molecule has 2 aliphatic rings. The monoisotopic (exact) mass is 528 g/mol. The van der Waals surface area contributed by atoms with Gasteiger partial charge in [-0.05, 0) is 24.3 Å². The van der Waals surface area contributed by atoms with Crippen LogP contribution in [-0.2, 0) is 17.1 Å². The number of piperazine rings is 2. The van der Waals surface area contributed by atoms with Crippen LogP contribution in [0.15, 0.2) is 65.8 Å². The van der Waals surface area contributed by atoms with Crippen LogP contribution in [0.4, 0.5) is 11.4 Å². The molecule has 0 aliphatic carbocycles. The molecule has 2 saturated heterocycles. The van der Waals surface area contributed by atoms with E-state index in [9.17, 15) is 13.2 Å². The molecule has 2 aliphatic heterocycles. The highest BCUT2D eigenvalue weighted by Crippen LogP contribution is 2.28. The van der Waals surface area contributed by atoms with Crippen molar-refractivity contribution in [3.63, 3.8) is 0 Å². The standard InChI is InChI=1S/C25H29ClN6O3S/c1-28-19-21(25(33)31-13-11-29(12-14-31)20-7-3-2-4-8-20)24(27-28)36(34,35)32-17-15-30(16-18-32)23-10-6-5-9-22(23)26/h2-10,19H,11-18H2,1H3. The molecule has 0 saturated carbocycles. The Morgan fingerprint density at radius 3 is 2.11 bits per heavy atom. The van der Waals surface area contributed by atoms with E-state index in [-0.39, 0.29) is 29.6 Å². The molecule has 5 rings (SSSR count). The number of nitrogens with zero attached hydrogens (tertiary/aromatic N) is 6. The number of halogens is 1. The summed E-state index contributed by atoms with van der Waals surface area (Å²) in [5, 5.41) is 4.69. The van der Waals surface area contributed by atoms with Crippen molar-refractivity contribution in [2.24, 2.45) is 7.05 Å². The van der Waals surface area contributed by atoms with Crippen molar-refractivity contribution in [2.45, 2.75) is 5.03 Å². The lowest BCUT2D eigenvalue weighted by atomic mass is 10.2. The first-order chi connectivity index (χ1) is 17.3. The Morgan fingerprint density at radius 2 is 1.44 bits per heavy atom. The van der Waals surface area contributed by atoms with Crippen LogP contribution in [0.25, 0.3) is 0 Å². The second-order valence-corrected chi connectivity index (χ2v) is 11.2. The van der Waals surface area contributed by atoms with Gasteiger partial charge >= 0.3 is 0 Å². The highest BCUT2D eigenvalue weighted by molar-refractivity contribution is 7.89. The highest BCUT2D eigenvalue weighted by Gasteiger charge is 2.36. The molecule has 190 valence electrons. The quantitative estimate of drug-likeness (QED) is 0.506. The summed E-state index contributed by atoms with van der Waals surface area (Å²) in [5.41, 5.74) is 2.13. The van der Waals surface area contributed by atoms with Crippen LogP contribution < -0.4 is 9.80 Å². The molecule has 2 aromatic carbocycles. The van der Waals surface area contributed by atoms with Crippen molar-refractivity contribution >= 4 is 38.9 Å². The molecule has 2 fully saturated rings. The number of amides is 1. The van der Waals surface area contributed by atoms with Crippen molar-refractivity contribution in [1.29, 1.82) is 0 Å². The third-order valence-electron chi connectivity index (χ3n) is 6.73. The van der Waals surface area contributed by atoms with Gasteiger partial charge in [-0.1, -0.05) is 41.9 Å². The molecule has 0 unspecified atom stereocenters. The van der Waals surface area contributed by atoms with Gasteiger partial charge in [-0.25, -0.2) is 8.42 Å². The molecule has 1 amide bonds. The lowest BCUT2D eigenvalue weighted by Crippen LogP contribution is -2.50. The van der Waals surface area contributed by atoms with Crippen LogP contribution in [0.2, 0.25) is 5.02 Å². The maximum Gasteiger partial charge on any atom is 0.263 e. The van der Waals surface area contributed by atoms with Crippen LogP contribution in [0.3, 0.4) is 0 Å². The van der Waals surface area contributed by atoms with Crippen molar-refractivity contribution in [1.82, 2.24) is 19.0 Å². The number of hydrogen-bond acceptors (Lipinski definition) is 6. The number of sulfonamides is 1. The summed E-state index contributed by atoms with van der Waals surface area (Å²) in [7, 11) is -2.30. The van der Waals surface area contributed by atoms with Gasteiger partial charge in [0.05, 0.1) is 16.3 Å². The second kappa shape index (κ2) is 10.1. The molecule has 3 aromatic rings. The van der Waals surface area contributed by atoms with Gasteiger partial charge in [0.15, 0.2) is 0 Å². The number of anilines is 2. The summed E-state index contributed by atoms with van der Waals surface area (Å²) in [4.78, 5) is 19.4. The minimum atomic E-state index is -3.94. The molecule has 0 bridgehead atoms. The summed E-state index contributed by atoms with van der Waals surface area (Å²) in [6.45, 7) is 3.96. The van der Waals surface area contributed by atoms with Gasteiger partial charge in [0.25, 0.3) is 15.9 Å². The molecule has 0 N–H and O–H groups in total. The van der Waals surface area contributed by atoms with Crippen LogP contribution in [0.5, 0.6) is 0 Å². The Balaban J connectivity index is 1.29. The molecule has 11 heteroatoms. The summed E-state index contributed by atoms with van der Waals surface area (Å²) in [5.74, 6) is -0.302. The van der Waals surface area contributed by atoms with Gasteiger partial charge in [0.1, 0.15) is 0 Å². The molecule has 1 aromatic heterocycles. The molecular formula is C25H29ClN6O3S. The van der Waals surface area contributed by atoms with Crippen LogP contribution >= 0.6 is 11.6 Å². The largest absolute Gasteiger partial charge is 0.368 e. The predicted octanol–water partition coefficient (Wildman–Crippen LogP) is 2.55. The Bertz CT molecular complexity index is 1330. The van der Waals surface area contributed by atoms with Crippen LogP contribution in [0.1, 0.15) is 10.4 Å². The number of carbonyl (C=O) groups excluding carboxylic acids is 1. The minimum absolute atomic E-state index is 0.124. The average molecular weight is 529 g/mol. The van der Waals surface area contributed by atoms with E-state index < -0.39 is 10.0 Å². The Morgan fingerprint density at radius 1 is 0.833 bits per heavy atom. The Kier molecular flexibility index (Phi) is 6.92. The van der Waals surface area contributed by atoms with E-state index in [1.54, 1.807) is 11.9 Å². The zero-order valence-corrected chi connectivity index (χ0v) is 21.7. The van der Waals surface area contributed by atoms with Gasteiger partial charge in [0.2, 0.25) is 5.03 Å². The fourth-order valence-electron chi connectivity index (χ4n) is 4.78. The molecule has 0 radical (unpaired) electrons. The number of carbonyl (C=O) groups is 1. The minimum Gasteiger partial charge on any atom is -0.368 e. The number of benzene rings is 2. The maximum atomic E-state index is 13.6. The Labute approximate surface area is 216 Å². The SMILES string of the molecule is Cn1cc(C(=O)N2CCN(c3ccccc3)CC2)c(S(=O)(=O)N2CCN(c3ccccc3Cl)CC2)n1. The summed E-state index contributed by atoms with van der Waals surface area (Å²) >= 11 is 6.32. The first kappa shape index (κ1) is 24.6. The fraction of sp³-hybridized carbons (Fsp3) is 0.360. The topological polar surface area (TPSA) is 82.0 Å². The molecule has 36 heavy (non-hydrogen) atoms. The van der Waals surface area contributed by atoms with Gasteiger partial charge in [0, 0.05) is 71.3 Å². The number of hydrogen-bond donors (Lipinski definition) is 0. The summed E-state index contributed by atoms with van der Waals surface area (Å²) in [6.07, 6.45) is 1.51. The Hall–Kier alpha value is -3.08. The smallest absolute Gasteiger partial charge is 0.263 e. The molecule has 3 heterocycles. The molecule has 0 atom stereocenters. The third-order valence-corrected chi connectivity index (χ3v) is 8.88. The number of aryl methyl sites for hydroxylation is 1. The summed E-state index contributed by atoms with van der Waals surface area (Å²) in [6, 6.07) is 17.6. The lowest BCUT2D eigenvalue weighted by molar-refractivity contribution is 0.0742. The fourth-order valence-corrected chi connectivity index (χ4v) is 6.58. The van der Waals surface area contributed by atoms with Gasteiger partial charge < -0.3 is 14.7 Å². The van der Waals surface area contributed by atoms with E-state index in [2.05, 4.69) is 27.0 Å². The first-order valence-corrected chi connectivity index (χ1v) is 13.8. The second-order valence-electron chi connectivity index (χ2n) is 8.98. The highest BCUT2D eigenvalue weighted by atomic mass is 35.5. The predicted molar refractivity (Wildman–Crippen MR) is 140 cm³/mol. The number of para-hydroxylation sites is 2. The van der Waals surface area contributed by atoms with E-state index >= 15 is 0 Å². The normalized spacial score (nSPS) is 17.4. The van der Waals surface area contributed by atoms with E-state index in [0.29, 0.717) is 44.3 Å². The van der Waals surface area contributed by atoms with E-state index in [1.165, 1.54) is 15.2 Å². The molecule has 0 spiro atoms.